The molecule has 1 aromatic carbocycles. The summed E-state index contributed by atoms with van der Waals surface area (Å²) >= 11 is 6.75. The first-order valence-electron chi connectivity index (χ1n) is 10.5. The lowest BCUT2D eigenvalue weighted by molar-refractivity contribution is 0.0695. The fourth-order valence-electron chi connectivity index (χ4n) is 4.73. The van der Waals surface area contributed by atoms with Gasteiger partial charge in [-0.1, -0.05) is 17.7 Å². The zero-order valence-electron chi connectivity index (χ0n) is 17.2. The number of aromatic nitrogens is 2. The summed E-state index contributed by atoms with van der Waals surface area (Å²) in [5, 5.41) is 9.55. The maximum Gasteiger partial charge on any atom is 0.341 e. The molecule has 3 aromatic rings. The van der Waals surface area contributed by atoms with Gasteiger partial charge in [-0.3, -0.25) is 9.78 Å². The van der Waals surface area contributed by atoms with Crippen molar-refractivity contribution in [2.24, 2.45) is 5.73 Å². The SMILES string of the molecule is NCC1(c2ccccn2)CCN(c2c(F)cc3c(=O)c(C(=O)O)cn(C4CC4)c3c2Cl)C1. The summed E-state index contributed by atoms with van der Waals surface area (Å²) in [7, 11) is 0. The Labute approximate surface area is 188 Å². The van der Waals surface area contributed by atoms with Crippen LogP contribution in [0.15, 0.2) is 41.5 Å². The first kappa shape index (κ1) is 20.9. The summed E-state index contributed by atoms with van der Waals surface area (Å²) in [6.45, 7) is 1.31. The predicted molar refractivity (Wildman–Crippen MR) is 120 cm³/mol. The summed E-state index contributed by atoms with van der Waals surface area (Å²) in [5.74, 6) is -1.99. The standard InChI is InChI=1S/C23H22ClFN4O3/c24-18-19-14(21(30)15(22(31)32)10-29(19)13-4-5-13)9-16(25)20(18)28-8-6-23(11-26,12-28)17-3-1-2-7-27-17/h1-3,7,9-10,13H,4-6,8,11-12,26H2,(H,31,32). The van der Waals surface area contributed by atoms with Crippen molar-refractivity contribution in [3.8, 4) is 0 Å². The highest BCUT2D eigenvalue weighted by Crippen LogP contribution is 2.44. The van der Waals surface area contributed by atoms with Crippen LogP contribution in [-0.4, -0.2) is 40.3 Å². The van der Waals surface area contributed by atoms with E-state index in [1.54, 1.807) is 10.8 Å². The van der Waals surface area contributed by atoms with Crippen LogP contribution in [-0.2, 0) is 5.41 Å². The van der Waals surface area contributed by atoms with Gasteiger partial charge in [-0.15, -0.1) is 0 Å². The van der Waals surface area contributed by atoms with E-state index in [0.29, 0.717) is 31.6 Å². The second-order valence-corrected chi connectivity index (χ2v) is 8.98. The molecule has 0 amide bonds. The molecule has 1 saturated heterocycles. The van der Waals surface area contributed by atoms with E-state index < -0.39 is 22.6 Å². The maximum atomic E-state index is 15.4. The lowest BCUT2D eigenvalue weighted by Gasteiger charge is -2.29. The van der Waals surface area contributed by atoms with Crippen molar-refractivity contribution in [3.05, 3.63) is 69.0 Å². The van der Waals surface area contributed by atoms with Crippen LogP contribution in [0.2, 0.25) is 5.02 Å². The fourth-order valence-corrected chi connectivity index (χ4v) is 5.14. The van der Waals surface area contributed by atoms with Crippen LogP contribution in [0.5, 0.6) is 0 Å². The van der Waals surface area contributed by atoms with Gasteiger partial charge in [-0.25, -0.2) is 9.18 Å². The second kappa shape index (κ2) is 7.56. The number of benzene rings is 1. The van der Waals surface area contributed by atoms with E-state index >= 15 is 4.39 Å². The number of aromatic carboxylic acids is 1. The van der Waals surface area contributed by atoms with Gasteiger partial charge in [0.2, 0.25) is 5.43 Å². The van der Waals surface area contributed by atoms with Gasteiger partial charge in [-0.2, -0.15) is 0 Å². The number of carboxylic acid groups (broad SMARTS) is 1. The van der Waals surface area contributed by atoms with Gasteiger partial charge in [-0.05, 0) is 37.5 Å². The minimum Gasteiger partial charge on any atom is -0.477 e. The molecule has 2 aliphatic rings. The Hall–Kier alpha value is -2.97. The zero-order valence-corrected chi connectivity index (χ0v) is 18.0. The summed E-state index contributed by atoms with van der Waals surface area (Å²) in [6.07, 6.45) is 5.43. The van der Waals surface area contributed by atoms with Crippen LogP contribution in [0, 0.1) is 5.82 Å². The molecule has 1 unspecified atom stereocenters. The van der Waals surface area contributed by atoms with Crippen LogP contribution in [0.25, 0.3) is 10.9 Å². The van der Waals surface area contributed by atoms with Crippen molar-refractivity contribution >= 4 is 34.2 Å². The number of fused-ring (bicyclic) bond motifs is 1. The van der Waals surface area contributed by atoms with Crippen LogP contribution in [0.1, 0.15) is 41.4 Å². The zero-order chi connectivity index (χ0) is 22.6. The quantitative estimate of drug-likeness (QED) is 0.610. The molecular weight excluding hydrogens is 435 g/mol. The average Bonchev–Trinajstić information content (AvgIpc) is 3.54. The molecule has 2 aromatic heterocycles. The van der Waals surface area contributed by atoms with Gasteiger partial charge in [0.1, 0.15) is 11.4 Å². The van der Waals surface area contributed by atoms with Crippen molar-refractivity contribution in [1.29, 1.82) is 0 Å². The Morgan fingerprint density at radius 2 is 2.16 bits per heavy atom. The van der Waals surface area contributed by atoms with Gasteiger partial charge in [0.05, 0.1) is 21.6 Å². The molecule has 0 bridgehead atoms. The summed E-state index contributed by atoms with van der Waals surface area (Å²) < 4.78 is 17.1. The fraction of sp³-hybridized carbons (Fsp3) is 0.348. The Bertz CT molecular complexity index is 1290. The van der Waals surface area contributed by atoms with Gasteiger partial charge in [0.15, 0.2) is 0 Å². The molecule has 1 atom stereocenters. The summed E-state index contributed by atoms with van der Waals surface area (Å²) in [4.78, 5) is 30.7. The molecule has 1 saturated carbocycles. The highest BCUT2D eigenvalue weighted by molar-refractivity contribution is 6.38. The third-order valence-corrected chi connectivity index (χ3v) is 6.98. The van der Waals surface area contributed by atoms with E-state index in [1.165, 1.54) is 6.20 Å². The lowest BCUT2D eigenvalue weighted by atomic mass is 9.83. The summed E-state index contributed by atoms with van der Waals surface area (Å²) in [5.41, 5.74) is 6.04. The number of nitrogens with zero attached hydrogens (tertiary/aromatic N) is 3. The minimum absolute atomic E-state index is 0.0166. The Morgan fingerprint density at radius 1 is 1.38 bits per heavy atom. The number of pyridine rings is 2. The third-order valence-electron chi connectivity index (χ3n) is 6.62. The molecule has 166 valence electrons. The number of carboxylic acids is 1. The van der Waals surface area contributed by atoms with Crippen LogP contribution >= 0.6 is 11.6 Å². The number of halogens is 2. The Kier molecular flexibility index (Phi) is 4.94. The monoisotopic (exact) mass is 456 g/mol. The van der Waals surface area contributed by atoms with E-state index in [9.17, 15) is 14.7 Å². The molecule has 1 aliphatic carbocycles. The van der Waals surface area contributed by atoms with Gasteiger partial charge in [0.25, 0.3) is 0 Å². The summed E-state index contributed by atoms with van der Waals surface area (Å²) in [6, 6.07) is 6.82. The number of rotatable bonds is 5. The highest BCUT2D eigenvalue weighted by Gasteiger charge is 2.41. The number of carbonyl (C=O) groups is 1. The topological polar surface area (TPSA) is 101 Å². The second-order valence-electron chi connectivity index (χ2n) is 8.60. The number of nitrogens with two attached hydrogens (primary N) is 1. The van der Waals surface area contributed by atoms with E-state index in [-0.39, 0.29) is 27.7 Å². The van der Waals surface area contributed by atoms with E-state index in [4.69, 9.17) is 17.3 Å². The molecule has 1 aliphatic heterocycles. The predicted octanol–water partition coefficient (Wildman–Crippen LogP) is 3.33. The molecular formula is C23H22ClFN4O3. The van der Waals surface area contributed by atoms with Crippen molar-refractivity contribution in [2.45, 2.75) is 30.7 Å². The maximum absolute atomic E-state index is 15.4. The lowest BCUT2D eigenvalue weighted by Crippen LogP contribution is -2.39. The molecule has 0 radical (unpaired) electrons. The van der Waals surface area contributed by atoms with Crippen LogP contribution in [0.3, 0.4) is 0 Å². The number of anilines is 1. The average molecular weight is 457 g/mol. The molecule has 5 rings (SSSR count). The molecule has 3 heterocycles. The smallest absolute Gasteiger partial charge is 0.341 e. The molecule has 9 heteroatoms. The normalized spacial score (nSPS) is 20.8. The number of hydrogen-bond acceptors (Lipinski definition) is 5. The molecule has 3 N–H and O–H groups in total. The van der Waals surface area contributed by atoms with Crippen molar-refractivity contribution in [3.63, 3.8) is 0 Å². The van der Waals surface area contributed by atoms with Crippen molar-refractivity contribution in [1.82, 2.24) is 9.55 Å². The minimum atomic E-state index is -1.34. The van der Waals surface area contributed by atoms with E-state index in [2.05, 4.69) is 4.98 Å². The van der Waals surface area contributed by atoms with E-state index in [1.807, 2.05) is 23.1 Å². The van der Waals surface area contributed by atoms with Gasteiger partial charge < -0.3 is 20.3 Å². The molecule has 2 fully saturated rings. The molecule has 7 nitrogen and oxygen atoms in total. The Morgan fingerprint density at radius 3 is 2.78 bits per heavy atom. The van der Waals surface area contributed by atoms with Crippen LogP contribution in [0.4, 0.5) is 10.1 Å². The van der Waals surface area contributed by atoms with E-state index in [0.717, 1.165) is 24.6 Å². The largest absolute Gasteiger partial charge is 0.477 e. The molecule has 32 heavy (non-hydrogen) atoms. The van der Waals surface area contributed by atoms with Gasteiger partial charge >= 0.3 is 5.97 Å². The number of hydrogen-bond donors (Lipinski definition) is 2. The van der Waals surface area contributed by atoms with Gasteiger partial charge in [0, 0.05) is 49.2 Å². The van der Waals surface area contributed by atoms with Crippen LogP contribution < -0.4 is 16.1 Å². The van der Waals surface area contributed by atoms with Crippen molar-refractivity contribution < 1.29 is 14.3 Å². The first-order valence-corrected chi connectivity index (χ1v) is 10.9. The van der Waals surface area contributed by atoms with Crippen molar-refractivity contribution in [2.75, 3.05) is 24.5 Å². The highest BCUT2D eigenvalue weighted by atomic mass is 35.5. The third kappa shape index (κ3) is 3.17. The molecule has 0 spiro atoms. The Balaban J connectivity index is 1.66. The first-order chi connectivity index (χ1) is 15.4.